The van der Waals surface area contributed by atoms with E-state index in [4.69, 9.17) is 4.74 Å². The van der Waals surface area contributed by atoms with Gasteiger partial charge < -0.3 is 15.4 Å². The highest BCUT2D eigenvalue weighted by Gasteiger charge is 2.31. The molecule has 2 aromatic rings. The van der Waals surface area contributed by atoms with Crippen LogP contribution in [0.3, 0.4) is 0 Å². The highest BCUT2D eigenvalue weighted by Crippen LogP contribution is 2.35. The summed E-state index contributed by atoms with van der Waals surface area (Å²) in [5.74, 6) is -0.399. The van der Waals surface area contributed by atoms with Gasteiger partial charge in [-0.2, -0.15) is 0 Å². The van der Waals surface area contributed by atoms with Gasteiger partial charge in [0, 0.05) is 19.5 Å². The summed E-state index contributed by atoms with van der Waals surface area (Å²) in [5.41, 5.74) is 2.02. The van der Waals surface area contributed by atoms with E-state index in [-0.39, 0.29) is 18.9 Å². The highest BCUT2D eigenvalue weighted by molar-refractivity contribution is 7.92. The van der Waals surface area contributed by atoms with Gasteiger partial charge in [0.1, 0.15) is 5.75 Å². The van der Waals surface area contributed by atoms with Gasteiger partial charge in [-0.25, -0.2) is 8.42 Å². The maximum atomic E-state index is 13.0. The van der Waals surface area contributed by atoms with Crippen molar-refractivity contribution in [1.29, 1.82) is 0 Å². The third-order valence-electron chi connectivity index (χ3n) is 4.90. The van der Waals surface area contributed by atoms with Gasteiger partial charge in [0.15, 0.2) is 6.10 Å². The molecule has 8 nitrogen and oxygen atoms in total. The quantitative estimate of drug-likeness (QED) is 0.711. The molecule has 1 heterocycles. The van der Waals surface area contributed by atoms with Crippen molar-refractivity contribution in [2.45, 2.75) is 32.8 Å². The molecule has 9 heteroatoms. The third kappa shape index (κ3) is 5.35. The Morgan fingerprint density at radius 1 is 1.19 bits per heavy atom. The van der Waals surface area contributed by atoms with Gasteiger partial charge >= 0.3 is 0 Å². The lowest BCUT2D eigenvalue weighted by atomic mass is 10.1. The van der Waals surface area contributed by atoms with E-state index in [2.05, 4.69) is 10.6 Å². The summed E-state index contributed by atoms with van der Waals surface area (Å²) in [7, 11) is -3.55. The summed E-state index contributed by atoms with van der Waals surface area (Å²) >= 11 is 0. The molecule has 0 radical (unpaired) electrons. The number of benzene rings is 2. The molecule has 31 heavy (non-hydrogen) atoms. The number of amides is 2. The Labute approximate surface area is 182 Å². The zero-order valence-electron chi connectivity index (χ0n) is 17.8. The molecule has 1 atom stereocenters. The van der Waals surface area contributed by atoms with E-state index in [1.165, 1.54) is 4.31 Å². The standard InChI is InChI=1S/C22H27N3O5S/c1-4-12-23-21(26)16-7-5-6-8-17(16)24-22(27)20-11-13-25(31(3,28)29)18-14-15(2)9-10-19(18)30-20/h5-10,14,20H,4,11-13H2,1-3H3,(H,23,26)(H,24,27)/t20-/m1/s1. The number of aryl methyl sites for hydroxylation is 1. The number of rotatable bonds is 6. The van der Waals surface area contributed by atoms with Crippen LogP contribution in [-0.4, -0.2) is 45.7 Å². The minimum absolute atomic E-state index is 0.103. The van der Waals surface area contributed by atoms with Crippen LogP contribution in [0.2, 0.25) is 0 Å². The number of sulfonamides is 1. The molecule has 1 aliphatic heterocycles. The van der Waals surface area contributed by atoms with Gasteiger partial charge in [-0.15, -0.1) is 0 Å². The van der Waals surface area contributed by atoms with Gasteiger partial charge in [-0.05, 0) is 43.2 Å². The summed E-state index contributed by atoms with van der Waals surface area (Å²) in [4.78, 5) is 25.4. The second-order valence-corrected chi connectivity index (χ2v) is 9.40. The topological polar surface area (TPSA) is 105 Å². The third-order valence-corrected chi connectivity index (χ3v) is 6.08. The molecule has 2 amide bonds. The Kier molecular flexibility index (Phi) is 6.84. The number of anilines is 2. The summed E-state index contributed by atoms with van der Waals surface area (Å²) in [6, 6.07) is 11.9. The molecular formula is C22H27N3O5S. The number of nitrogens with one attached hydrogen (secondary N) is 2. The molecule has 0 saturated carbocycles. The minimum atomic E-state index is -3.55. The van der Waals surface area contributed by atoms with Crippen LogP contribution >= 0.6 is 0 Å². The first-order valence-electron chi connectivity index (χ1n) is 10.1. The molecule has 0 spiro atoms. The van der Waals surface area contributed by atoms with Crippen LogP contribution < -0.4 is 19.7 Å². The SMILES string of the molecule is CCCNC(=O)c1ccccc1NC(=O)[C@H]1CCN(S(C)(=O)=O)c2cc(C)ccc2O1. The predicted molar refractivity (Wildman–Crippen MR) is 120 cm³/mol. The molecule has 0 aliphatic carbocycles. The van der Waals surface area contributed by atoms with Crippen molar-refractivity contribution in [2.24, 2.45) is 0 Å². The summed E-state index contributed by atoms with van der Waals surface area (Å²) in [5, 5.41) is 5.57. The van der Waals surface area contributed by atoms with Crippen molar-refractivity contribution in [1.82, 2.24) is 5.32 Å². The number of ether oxygens (including phenoxy) is 1. The highest BCUT2D eigenvalue weighted by atomic mass is 32.2. The van der Waals surface area contributed by atoms with Crippen molar-refractivity contribution in [2.75, 3.05) is 29.0 Å². The molecule has 2 aromatic carbocycles. The summed E-state index contributed by atoms with van der Waals surface area (Å²) < 4.78 is 31.8. The number of carbonyl (C=O) groups is 2. The van der Waals surface area contributed by atoms with Gasteiger partial charge in [0.05, 0.1) is 23.2 Å². The van der Waals surface area contributed by atoms with E-state index in [0.29, 0.717) is 29.2 Å². The van der Waals surface area contributed by atoms with Crippen molar-refractivity contribution in [3.63, 3.8) is 0 Å². The zero-order chi connectivity index (χ0) is 22.6. The largest absolute Gasteiger partial charge is 0.478 e. The van der Waals surface area contributed by atoms with E-state index in [9.17, 15) is 18.0 Å². The van der Waals surface area contributed by atoms with Crippen LogP contribution in [0.1, 0.15) is 35.7 Å². The molecule has 166 valence electrons. The maximum absolute atomic E-state index is 13.0. The summed E-state index contributed by atoms with van der Waals surface area (Å²) in [6.45, 7) is 4.45. The van der Waals surface area contributed by atoms with Crippen LogP contribution in [0.4, 0.5) is 11.4 Å². The second kappa shape index (κ2) is 9.38. The van der Waals surface area contributed by atoms with E-state index in [1.54, 1.807) is 42.5 Å². The second-order valence-electron chi connectivity index (χ2n) is 7.49. The van der Waals surface area contributed by atoms with E-state index < -0.39 is 22.0 Å². The number of fused-ring (bicyclic) bond motifs is 1. The zero-order valence-corrected chi connectivity index (χ0v) is 18.7. The molecule has 0 saturated heterocycles. The van der Waals surface area contributed by atoms with Crippen LogP contribution in [-0.2, 0) is 14.8 Å². The van der Waals surface area contributed by atoms with Gasteiger partial charge in [-0.3, -0.25) is 13.9 Å². The van der Waals surface area contributed by atoms with Crippen molar-refractivity contribution in [3.8, 4) is 5.75 Å². The Morgan fingerprint density at radius 2 is 1.94 bits per heavy atom. The molecular weight excluding hydrogens is 418 g/mol. The van der Waals surface area contributed by atoms with Crippen LogP contribution in [0.15, 0.2) is 42.5 Å². The molecule has 0 fully saturated rings. The van der Waals surface area contributed by atoms with Crippen molar-refractivity contribution < 1.29 is 22.7 Å². The minimum Gasteiger partial charge on any atom is -0.478 e. The van der Waals surface area contributed by atoms with Crippen LogP contribution in [0.5, 0.6) is 5.75 Å². The van der Waals surface area contributed by atoms with E-state index in [1.807, 2.05) is 13.8 Å². The molecule has 3 rings (SSSR count). The smallest absolute Gasteiger partial charge is 0.265 e. The average molecular weight is 446 g/mol. The fourth-order valence-corrected chi connectivity index (χ4v) is 4.29. The summed E-state index contributed by atoms with van der Waals surface area (Å²) in [6.07, 6.45) is 1.17. The average Bonchev–Trinajstić information content (AvgIpc) is 2.91. The maximum Gasteiger partial charge on any atom is 0.265 e. The lowest BCUT2D eigenvalue weighted by molar-refractivity contribution is -0.122. The Balaban J connectivity index is 1.84. The Hall–Kier alpha value is -3.07. The first-order valence-corrected chi connectivity index (χ1v) is 12.0. The number of hydrogen-bond acceptors (Lipinski definition) is 5. The first-order chi connectivity index (χ1) is 14.7. The fourth-order valence-electron chi connectivity index (χ4n) is 3.36. The Bertz CT molecular complexity index is 1080. The lowest BCUT2D eigenvalue weighted by Crippen LogP contribution is -2.36. The number of para-hydroxylation sites is 1. The van der Waals surface area contributed by atoms with Crippen molar-refractivity contribution in [3.05, 3.63) is 53.6 Å². The normalized spacial score (nSPS) is 16.0. The lowest BCUT2D eigenvalue weighted by Gasteiger charge is -2.21. The molecule has 0 bridgehead atoms. The monoisotopic (exact) mass is 445 g/mol. The number of nitrogens with zero attached hydrogens (tertiary/aromatic N) is 1. The van der Waals surface area contributed by atoms with E-state index >= 15 is 0 Å². The predicted octanol–water partition coefficient (Wildman–Crippen LogP) is 2.69. The van der Waals surface area contributed by atoms with Crippen molar-refractivity contribution >= 4 is 33.2 Å². The molecule has 2 N–H and O–H groups in total. The Morgan fingerprint density at radius 3 is 2.65 bits per heavy atom. The number of hydrogen-bond donors (Lipinski definition) is 2. The van der Waals surface area contributed by atoms with E-state index in [0.717, 1.165) is 18.2 Å². The van der Waals surface area contributed by atoms with Crippen LogP contribution in [0.25, 0.3) is 0 Å². The fraction of sp³-hybridized carbons (Fsp3) is 0.364. The van der Waals surface area contributed by atoms with Gasteiger partial charge in [0.25, 0.3) is 11.8 Å². The van der Waals surface area contributed by atoms with Gasteiger partial charge in [-0.1, -0.05) is 25.1 Å². The number of carbonyl (C=O) groups excluding carboxylic acids is 2. The van der Waals surface area contributed by atoms with Gasteiger partial charge in [0.2, 0.25) is 10.0 Å². The van der Waals surface area contributed by atoms with Crippen LogP contribution in [0, 0.1) is 6.92 Å². The molecule has 0 aromatic heterocycles. The molecule has 1 aliphatic rings. The molecule has 0 unspecified atom stereocenters. The first kappa shape index (κ1) is 22.6.